The van der Waals surface area contributed by atoms with Gasteiger partial charge in [0.1, 0.15) is 18.0 Å². The molecule has 2 atom stereocenters. The van der Waals surface area contributed by atoms with Gasteiger partial charge in [0.05, 0.1) is 18.4 Å². The van der Waals surface area contributed by atoms with Crippen molar-refractivity contribution < 1.29 is 27.9 Å². The molecule has 0 aromatic carbocycles. The molecule has 0 bridgehead atoms. The zero-order chi connectivity index (χ0) is 19.1. The first kappa shape index (κ1) is 18.2. The van der Waals surface area contributed by atoms with E-state index in [0.717, 1.165) is 0 Å². The van der Waals surface area contributed by atoms with Crippen molar-refractivity contribution in [2.24, 2.45) is 11.8 Å². The highest BCUT2D eigenvalue weighted by molar-refractivity contribution is 5.82. The third-order valence-electron chi connectivity index (χ3n) is 4.80. The van der Waals surface area contributed by atoms with Crippen molar-refractivity contribution in [1.29, 1.82) is 0 Å². The smallest absolute Gasteiger partial charge is 0.394 e. The molecule has 0 saturated carbocycles. The van der Waals surface area contributed by atoms with E-state index in [-0.39, 0.29) is 24.8 Å². The highest BCUT2D eigenvalue weighted by Gasteiger charge is 2.52. The molecule has 1 N–H and O–H groups in total. The number of hydrogen-bond acceptors (Lipinski definition) is 6. The molecule has 3 heterocycles. The zero-order valence-corrected chi connectivity index (χ0v) is 14.0. The minimum Gasteiger partial charge on any atom is -0.481 e. The van der Waals surface area contributed by atoms with Gasteiger partial charge >= 0.3 is 12.1 Å². The molecule has 8 nitrogen and oxygen atoms in total. The summed E-state index contributed by atoms with van der Waals surface area (Å²) in [4.78, 5) is 35.7. The molecule has 0 aliphatic carbocycles. The van der Waals surface area contributed by atoms with E-state index in [1.165, 1.54) is 17.3 Å². The Bertz CT molecular complexity index is 714. The fraction of sp³-hybridized carbons (Fsp3) is 0.600. The third kappa shape index (κ3) is 3.51. The molecule has 26 heavy (non-hydrogen) atoms. The Morgan fingerprint density at radius 2 is 1.85 bits per heavy atom. The maximum absolute atomic E-state index is 13.1. The third-order valence-corrected chi connectivity index (χ3v) is 4.80. The molecule has 0 unspecified atom stereocenters. The Balaban J connectivity index is 1.80. The molecule has 11 heteroatoms. The number of alkyl halides is 3. The molecule has 1 aromatic heterocycles. The SMILES string of the molecule is CN1CCN(c2cc(N3C[C@@H](C(F)(F)F)[C@H](C(=O)O)C3)ncn2)CC1=O. The number of nitrogens with zero attached hydrogens (tertiary/aromatic N) is 5. The van der Waals surface area contributed by atoms with Crippen molar-refractivity contribution in [3.8, 4) is 0 Å². The Morgan fingerprint density at radius 1 is 1.19 bits per heavy atom. The summed E-state index contributed by atoms with van der Waals surface area (Å²) < 4.78 is 39.4. The Labute approximate surface area is 147 Å². The number of carboxylic acids is 1. The monoisotopic (exact) mass is 373 g/mol. The van der Waals surface area contributed by atoms with Crippen molar-refractivity contribution in [3.63, 3.8) is 0 Å². The van der Waals surface area contributed by atoms with Crippen LogP contribution in [0, 0.1) is 11.8 Å². The van der Waals surface area contributed by atoms with Crippen LogP contribution in [0.3, 0.4) is 0 Å². The number of aromatic nitrogens is 2. The fourth-order valence-corrected chi connectivity index (χ4v) is 3.21. The molecular formula is C15H18F3N5O3. The van der Waals surface area contributed by atoms with Crippen LogP contribution in [0.2, 0.25) is 0 Å². The van der Waals surface area contributed by atoms with E-state index >= 15 is 0 Å². The number of carbonyl (C=O) groups excluding carboxylic acids is 1. The van der Waals surface area contributed by atoms with E-state index in [1.807, 2.05) is 0 Å². The predicted octanol–water partition coefficient (Wildman–Crippen LogP) is 0.454. The number of amides is 1. The highest BCUT2D eigenvalue weighted by Crippen LogP contribution is 2.39. The molecule has 0 radical (unpaired) electrons. The molecule has 1 aromatic rings. The van der Waals surface area contributed by atoms with E-state index in [1.54, 1.807) is 16.8 Å². The summed E-state index contributed by atoms with van der Waals surface area (Å²) in [5, 5.41) is 9.11. The molecule has 1 amide bonds. The molecule has 2 saturated heterocycles. The molecule has 2 aliphatic heterocycles. The van der Waals surface area contributed by atoms with Crippen LogP contribution in [-0.2, 0) is 9.59 Å². The van der Waals surface area contributed by atoms with E-state index in [9.17, 15) is 22.8 Å². The average molecular weight is 373 g/mol. The Kier molecular flexibility index (Phi) is 4.63. The molecule has 142 valence electrons. The van der Waals surface area contributed by atoms with Crippen LogP contribution in [0.15, 0.2) is 12.4 Å². The van der Waals surface area contributed by atoms with Gasteiger partial charge in [0.2, 0.25) is 5.91 Å². The summed E-state index contributed by atoms with van der Waals surface area (Å²) in [6.45, 7) is 0.423. The van der Waals surface area contributed by atoms with Crippen LogP contribution in [0.4, 0.5) is 24.8 Å². The number of rotatable bonds is 3. The Morgan fingerprint density at radius 3 is 2.38 bits per heavy atom. The Hall–Kier alpha value is -2.59. The van der Waals surface area contributed by atoms with Gasteiger partial charge in [-0.2, -0.15) is 13.2 Å². The van der Waals surface area contributed by atoms with Gasteiger partial charge in [0.15, 0.2) is 0 Å². The first-order valence-corrected chi connectivity index (χ1v) is 8.02. The molecule has 2 aliphatic rings. The maximum Gasteiger partial charge on any atom is 0.394 e. The van der Waals surface area contributed by atoms with Crippen LogP contribution in [0.5, 0.6) is 0 Å². The number of piperazine rings is 1. The van der Waals surface area contributed by atoms with Crippen LogP contribution in [-0.4, -0.2) is 77.8 Å². The van der Waals surface area contributed by atoms with Crippen LogP contribution in [0.25, 0.3) is 0 Å². The summed E-state index contributed by atoms with van der Waals surface area (Å²) in [6, 6.07) is 1.50. The van der Waals surface area contributed by atoms with Gasteiger partial charge in [-0.25, -0.2) is 9.97 Å². The molecule has 3 rings (SSSR count). The lowest BCUT2D eigenvalue weighted by Gasteiger charge is -2.33. The quantitative estimate of drug-likeness (QED) is 0.823. The highest BCUT2D eigenvalue weighted by atomic mass is 19.4. The standard InChI is InChI=1S/C15H18F3N5O3/c1-21-2-3-22(7-13(21)24)11-4-12(20-8-19-11)23-5-9(14(25)26)10(6-23)15(16,17)18/h4,8-10H,2-3,5-7H2,1H3,(H,25,26)/t9-,10-/m1/s1. The number of carbonyl (C=O) groups is 2. The number of likely N-dealkylation sites (N-methyl/N-ethyl adjacent to an activating group) is 1. The van der Waals surface area contributed by atoms with Crippen molar-refractivity contribution in [2.75, 3.05) is 49.6 Å². The lowest BCUT2D eigenvalue weighted by Crippen LogP contribution is -2.48. The van der Waals surface area contributed by atoms with Crippen molar-refractivity contribution in [3.05, 3.63) is 12.4 Å². The summed E-state index contributed by atoms with van der Waals surface area (Å²) in [5.41, 5.74) is 0. The van der Waals surface area contributed by atoms with Crippen molar-refractivity contribution in [1.82, 2.24) is 14.9 Å². The summed E-state index contributed by atoms with van der Waals surface area (Å²) in [5.74, 6) is -4.41. The number of hydrogen-bond donors (Lipinski definition) is 1. The fourth-order valence-electron chi connectivity index (χ4n) is 3.21. The minimum atomic E-state index is -4.60. The van der Waals surface area contributed by atoms with Crippen molar-refractivity contribution >= 4 is 23.5 Å². The average Bonchev–Trinajstić information content (AvgIpc) is 3.03. The number of aliphatic carboxylic acids is 1. The predicted molar refractivity (Wildman–Crippen MR) is 84.8 cm³/mol. The second kappa shape index (κ2) is 6.61. The number of halogens is 3. The van der Waals surface area contributed by atoms with Gasteiger partial charge < -0.3 is 19.8 Å². The second-order valence-electron chi connectivity index (χ2n) is 6.47. The summed E-state index contributed by atoms with van der Waals surface area (Å²) in [7, 11) is 1.69. The number of anilines is 2. The van der Waals surface area contributed by atoms with E-state index < -0.39 is 30.5 Å². The van der Waals surface area contributed by atoms with Gasteiger partial charge in [-0.1, -0.05) is 0 Å². The summed E-state index contributed by atoms with van der Waals surface area (Å²) in [6.07, 6.45) is -3.39. The summed E-state index contributed by atoms with van der Waals surface area (Å²) >= 11 is 0. The maximum atomic E-state index is 13.1. The van der Waals surface area contributed by atoms with Crippen molar-refractivity contribution in [2.45, 2.75) is 6.18 Å². The lowest BCUT2D eigenvalue weighted by molar-refractivity contribution is -0.187. The molecular weight excluding hydrogens is 355 g/mol. The van der Waals surface area contributed by atoms with Gasteiger partial charge in [-0.15, -0.1) is 0 Å². The molecule has 0 spiro atoms. The molecule has 2 fully saturated rings. The zero-order valence-electron chi connectivity index (χ0n) is 14.0. The first-order valence-electron chi connectivity index (χ1n) is 8.02. The van der Waals surface area contributed by atoms with E-state index in [2.05, 4.69) is 9.97 Å². The lowest BCUT2D eigenvalue weighted by atomic mass is 9.96. The van der Waals surface area contributed by atoms with Crippen LogP contribution < -0.4 is 9.80 Å². The van der Waals surface area contributed by atoms with Crippen LogP contribution in [0.1, 0.15) is 0 Å². The van der Waals surface area contributed by atoms with E-state index in [4.69, 9.17) is 5.11 Å². The van der Waals surface area contributed by atoms with Gasteiger partial charge in [-0.05, 0) is 0 Å². The minimum absolute atomic E-state index is 0.0827. The van der Waals surface area contributed by atoms with Gasteiger partial charge in [0, 0.05) is 39.3 Å². The van der Waals surface area contributed by atoms with Gasteiger partial charge in [0.25, 0.3) is 0 Å². The normalized spacial score (nSPS) is 24.3. The first-order chi connectivity index (χ1) is 12.2. The second-order valence-corrected chi connectivity index (χ2v) is 6.47. The number of carboxylic acid groups (broad SMARTS) is 1. The van der Waals surface area contributed by atoms with Crippen LogP contribution >= 0.6 is 0 Å². The topological polar surface area (TPSA) is 89.9 Å². The van der Waals surface area contributed by atoms with E-state index in [0.29, 0.717) is 18.9 Å². The largest absolute Gasteiger partial charge is 0.481 e. The van der Waals surface area contributed by atoms with Gasteiger partial charge in [-0.3, -0.25) is 9.59 Å².